The summed E-state index contributed by atoms with van der Waals surface area (Å²) in [6.45, 7) is 3.15. The maximum absolute atomic E-state index is 12.6. The number of anilines is 1. The van der Waals surface area contributed by atoms with Gasteiger partial charge in [0.2, 0.25) is 5.91 Å². The fourth-order valence-electron chi connectivity index (χ4n) is 2.96. The fourth-order valence-corrected chi connectivity index (χ4v) is 2.96. The molecule has 2 amide bonds. The molecule has 0 bridgehead atoms. The molecule has 1 aliphatic rings. The van der Waals surface area contributed by atoms with E-state index in [9.17, 15) is 9.59 Å². The Morgan fingerprint density at radius 1 is 1.08 bits per heavy atom. The van der Waals surface area contributed by atoms with Crippen molar-refractivity contribution in [1.29, 1.82) is 0 Å². The number of imide groups is 1. The van der Waals surface area contributed by atoms with Crippen molar-refractivity contribution in [3.05, 3.63) is 60.2 Å². The molecular weight excluding hydrogens is 316 g/mol. The zero-order valence-corrected chi connectivity index (χ0v) is 14.3. The first-order chi connectivity index (χ1) is 12.2. The average molecular weight is 338 g/mol. The Kier molecular flexibility index (Phi) is 5.46. The van der Waals surface area contributed by atoms with E-state index < -0.39 is 6.04 Å². The van der Waals surface area contributed by atoms with Crippen molar-refractivity contribution in [2.75, 3.05) is 18.1 Å². The number of rotatable bonds is 7. The molecule has 130 valence electrons. The maximum atomic E-state index is 12.6. The average Bonchev–Trinajstić information content (AvgIpc) is 2.91. The van der Waals surface area contributed by atoms with Gasteiger partial charge in [-0.1, -0.05) is 30.3 Å². The van der Waals surface area contributed by atoms with Crippen molar-refractivity contribution in [3.63, 3.8) is 0 Å². The van der Waals surface area contributed by atoms with Crippen molar-refractivity contribution in [2.45, 2.75) is 25.8 Å². The van der Waals surface area contributed by atoms with E-state index in [4.69, 9.17) is 4.74 Å². The van der Waals surface area contributed by atoms with Crippen LogP contribution < -0.4 is 15.0 Å². The summed E-state index contributed by atoms with van der Waals surface area (Å²) in [7, 11) is 0. The van der Waals surface area contributed by atoms with Gasteiger partial charge in [-0.2, -0.15) is 0 Å². The minimum absolute atomic E-state index is 0.175. The largest absolute Gasteiger partial charge is 0.494 e. The Hall–Kier alpha value is -2.66. The van der Waals surface area contributed by atoms with Gasteiger partial charge in [-0.15, -0.1) is 0 Å². The minimum Gasteiger partial charge on any atom is -0.494 e. The van der Waals surface area contributed by atoms with E-state index in [1.54, 1.807) is 24.3 Å². The van der Waals surface area contributed by atoms with E-state index in [1.807, 2.05) is 25.1 Å². The molecule has 25 heavy (non-hydrogen) atoms. The summed E-state index contributed by atoms with van der Waals surface area (Å²) in [4.78, 5) is 26.1. The summed E-state index contributed by atoms with van der Waals surface area (Å²) in [6, 6.07) is 16.6. The van der Waals surface area contributed by atoms with Gasteiger partial charge in [0.25, 0.3) is 5.91 Å². The lowest BCUT2D eigenvalue weighted by molar-refractivity contribution is -0.121. The van der Waals surface area contributed by atoms with E-state index in [0.29, 0.717) is 18.8 Å². The molecule has 0 saturated carbocycles. The number of carbonyl (C=O) groups excluding carboxylic acids is 2. The van der Waals surface area contributed by atoms with Crippen LogP contribution in [0.2, 0.25) is 0 Å². The topological polar surface area (TPSA) is 58.6 Å². The van der Waals surface area contributed by atoms with E-state index in [2.05, 4.69) is 17.4 Å². The monoisotopic (exact) mass is 338 g/mol. The molecule has 1 N–H and O–H groups in total. The highest BCUT2D eigenvalue weighted by Crippen LogP contribution is 2.25. The van der Waals surface area contributed by atoms with Crippen molar-refractivity contribution >= 4 is 17.5 Å². The number of hydrogen-bond donors (Lipinski definition) is 1. The van der Waals surface area contributed by atoms with Crippen LogP contribution in [0.15, 0.2) is 54.6 Å². The second kappa shape index (κ2) is 7.94. The Bertz CT molecular complexity index is 728. The molecule has 1 heterocycles. The molecule has 2 aromatic carbocycles. The molecule has 0 spiro atoms. The molecule has 1 atom stereocenters. The maximum Gasteiger partial charge on any atom is 0.251 e. The summed E-state index contributed by atoms with van der Waals surface area (Å²) in [5.74, 6) is 0.358. The van der Waals surface area contributed by atoms with Gasteiger partial charge in [-0.3, -0.25) is 9.59 Å². The molecular formula is C20H22N2O3. The minimum atomic E-state index is -0.456. The van der Waals surface area contributed by atoms with Crippen molar-refractivity contribution < 1.29 is 14.3 Å². The molecule has 5 heteroatoms. The van der Waals surface area contributed by atoms with E-state index >= 15 is 0 Å². The zero-order valence-electron chi connectivity index (χ0n) is 14.3. The van der Waals surface area contributed by atoms with Gasteiger partial charge in [0.05, 0.1) is 24.8 Å². The standard InChI is InChI=1S/C20H22N2O3/c1-2-25-17-10-8-16(9-11-17)22-19(23)14-18(20(22)24)21-13-12-15-6-4-3-5-7-15/h3-11,18,21H,2,12-14H2,1H3/t18-/m0/s1. The smallest absolute Gasteiger partial charge is 0.251 e. The third-order valence-corrected chi connectivity index (χ3v) is 4.20. The zero-order chi connectivity index (χ0) is 17.6. The van der Waals surface area contributed by atoms with Gasteiger partial charge in [0.1, 0.15) is 5.75 Å². The third-order valence-electron chi connectivity index (χ3n) is 4.20. The van der Waals surface area contributed by atoms with Crippen LogP contribution in [0.4, 0.5) is 5.69 Å². The fraction of sp³-hybridized carbons (Fsp3) is 0.300. The van der Waals surface area contributed by atoms with Crippen LogP contribution >= 0.6 is 0 Å². The van der Waals surface area contributed by atoms with E-state index in [1.165, 1.54) is 10.5 Å². The number of ether oxygens (including phenoxy) is 1. The number of nitrogens with zero attached hydrogens (tertiary/aromatic N) is 1. The second-order valence-corrected chi connectivity index (χ2v) is 5.94. The number of benzene rings is 2. The lowest BCUT2D eigenvalue weighted by Crippen LogP contribution is -2.39. The number of hydrogen-bond acceptors (Lipinski definition) is 4. The first-order valence-electron chi connectivity index (χ1n) is 8.56. The number of carbonyl (C=O) groups is 2. The lowest BCUT2D eigenvalue weighted by Gasteiger charge is -2.16. The predicted molar refractivity (Wildman–Crippen MR) is 96.7 cm³/mol. The highest BCUT2D eigenvalue weighted by atomic mass is 16.5. The van der Waals surface area contributed by atoms with E-state index in [0.717, 1.165) is 12.2 Å². The van der Waals surface area contributed by atoms with Crippen LogP contribution in [0.3, 0.4) is 0 Å². The van der Waals surface area contributed by atoms with Crippen LogP contribution in [0.5, 0.6) is 5.75 Å². The van der Waals surface area contributed by atoms with Crippen LogP contribution in [-0.4, -0.2) is 31.0 Å². The molecule has 1 fully saturated rings. The third kappa shape index (κ3) is 4.06. The summed E-state index contributed by atoms with van der Waals surface area (Å²) in [5, 5.41) is 3.20. The predicted octanol–water partition coefficient (Wildman–Crippen LogP) is 2.55. The Balaban J connectivity index is 1.59. The van der Waals surface area contributed by atoms with Gasteiger partial charge in [-0.05, 0) is 49.7 Å². The highest BCUT2D eigenvalue weighted by Gasteiger charge is 2.39. The Morgan fingerprint density at radius 3 is 2.48 bits per heavy atom. The van der Waals surface area contributed by atoms with Crippen molar-refractivity contribution in [1.82, 2.24) is 5.32 Å². The van der Waals surface area contributed by atoms with Crippen LogP contribution in [-0.2, 0) is 16.0 Å². The SMILES string of the molecule is CCOc1ccc(N2C(=O)C[C@H](NCCc3ccccc3)C2=O)cc1. The lowest BCUT2D eigenvalue weighted by atomic mass is 10.1. The molecule has 5 nitrogen and oxygen atoms in total. The summed E-state index contributed by atoms with van der Waals surface area (Å²) in [6.07, 6.45) is 1.02. The van der Waals surface area contributed by atoms with E-state index in [-0.39, 0.29) is 18.2 Å². The van der Waals surface area contributed by atoms with Gasteiger partial charge in [0, 0.05) is 0 Å². The molecule has 1 aliphatic heterocycles. The number of nitrogens with one attached hydrogen (secondary N) is 1. The Morgan fingerprint density at radius 2 is 1.80 bits per heavy atom. The molecule has 0 unspecified atom stereocenters. The van der Waals surface area contributed by atoms with Gasteiger partial charge < -0.3 is 10.1 Å². The van der Waals surface area contributed by atoms with Crippen LogP contribution in [0, 0.1) is 0 Å². The van der Waals surface area contributed by atoms with Crippen molar-refractivity contribution in [3.8, 4) is 5.75 Å². The molecule has 3 rings (SSSR count). The number of amides is 2. The Labute approximate surface area is 147 Å². The van der Waals surface area contributed by atoms with Gasteiger partial charge >= 0.3 is 0 Å². The molecule has 0 radical (unpaired) electrons. The van der Waals surface area contributed by atoms with Gasteiger partial charge in [0.15, 0.2) is 0 Å². The van der Waals surface area contributed by atoms with Crippen LogP contribution in [0.25, 0.3) is 0 Å². The summed E-state index contributed by atoms with van der Waals surface area (Å²) < 4.78 is 5.39. The molecule has 2 aromatic rings. The summed E-state index contributed by atoms with van der Waals surface area (Å²) >= 11 is 0. The second-order valence-electron chi connectivity index (χ2n) is 5.94. The first-order valence-corrected chi connectivity index (χ1v) is 8.56. The normalized spacial score (nSPS) is 17.2. The molecule has 0 aliphatic carbocycles. The van der Waals surface area contributed by atoms with Gasteiger partial charge in [-0.25, -0.2) is 4.90 Å². The highest BCUT2D eigenvalue weighted by molar-refractivity contribution is 6.22. The molecule has 1 saturated heterocycles. The van der Waals surface area contributed by atoms with Crippen LogP contribution in [0.1, 0.15) is 18.9 Å². The molecule has 0 aromatic heterocycles. The van der Waals surface area contributed by atoms with Crippen molar-refractivity contribution in [2.24, 2.45) is 0 Å². The summed E-state index contributed by atoms with van der Waals surface area (Å²) in [5.41, 5.74) is 1.79. The first kappa shape index (κ1) is 17.2. The quantitative estimate of drug-likeness (QED) is 0.788.